The fourth-order valence-electron chi connectivity index (χ4n) is 2.68. The molecule has 1 amide bonds. The van der Waals surface area contributed by atoms with E-state index in [-0.39, 0.29) is 11.7 Å². The Hall–Kier alpha value is -3.13. The van der Waals surface area contributed by atoms with Gasteiger partial charge >= 0.3 is 0 Å². The maximum absolute atomic E-state index is 13.2. The first-order valence-corrected chi connectivity index (χ1v) is 9.82. The average Bonchev–Trinajstić information content (AvgIpc) is 3.11. The van der Waals surface area contributed by atoms with Gasteiger partial charge in [-0.05, 0) is 43.3 Å². The molecule has 1 heterocycles. The summed E-state index contributed by atoms with van der Waals surface area (Å²) in [5.74, 6) is 0.673. The molecule has 0 saturated heterocycles. The molecule has 3 aromatic rings. The smallest absolute Gasteiger partial charge is 0.237 e. The highest BCUT2D eigenvalue weighted by Crippen LogP contribution is 2.29. The summed E-state index contributed by atoms with van der Waals surface area (Å²) in [5, 5.41) is 11.5. The van der Waals surface area contributed by atoms with E-state index in [4.69, 9.17) is 4.74 Å². The lowest BCUT2D eigenvalue weighted by atomic mass is 10.2. The monoisotopic (exact) mass is 412 g/mol. The van der Waals surface area contributed by atoms with Gasteiger partial charge in [0.1, 0.15) is 11.6 Å². The quantitative estimate of drug-likeness (QED) is 0.439. The molecule has 0 radical (unpaired) electrons. The summed E-state index contributed by atoms with van der Waals surface area (Å²) < 4.78 is 20.3. The van der Waals surface area contributed by atoms with Crippen molar-refractivity contribution in [3.8, 4) is 17.1 Å². The Morgan fingerprint density at radius 2 is 2.00 bits per heavy atom. The number of hydrogen-bond acceptors (Lipinski definition) is 5. The molecule has 0 fully saturated rings. The number of allylic oxidation sites excluding steroid dienone is 1. The number of methoxy groups -OCH3 is 1. The van der Waals surface area contributed by atoms with Gasteiger partial charge in [0.05, 0.1) is 18.0 Å². The third kappa shape index (κ3) is 4.83. The second-order valence-corrected chi connectivity index (χ2v) is 7.47. The number of para-hydroxylation sites is 2. The molecule has 1 aromatic heterocycles. The third-order valence-electron chi connectivity index (χ3n) is 4.15. The number of anilines is 1. The number of nitrogens with zero attached hydrogens (tertiary/aromatic N) is 3. The molecule has 0 unspecified atom stereocenters. The zero-order valence-corrected chi connectivity index (χ0v) is 16.9. The minimum Gasteiger partial charge on any atom is -0.495 e. The van der Waals surface area contributed by atoms with Crippen LogP contribution in [0.5, 0.6) is 5.75 Å². The normalized spacial score (nSPS) is 11.7. The maximum Gasteiger partial charge on any atom is 0.237 e. The van der Waals surface area contributed by atoms with Gasteiger partial charge in [0.15, 0.2) is 11.0 Å². The molecule has 0 aliphatic heterocycles. The predicted octanol–water partition coefficient (Wildman–Crippen LogP) is 4.40. The highest BCUT2D eigenvalue weighted by atomic mass is 32.2. The SMILES string of the molecule is C=CCn1c(S[C@@H](C)C(=O)Nc2ccccc2OC)nnc1-c1ccc(F)cc1. The summed E-state index contributed by atoms with van der Waals surface area (Å²) in [7, 11) is 1.55. The van der Waals surface area contributed by atoms with E-state index < -0.39 is 5.25 Å². The zero-order chi connectivity index (χ0) is 20.8. The Kier molecular flexibility index (Phi) is 6.66. The van der Waals surface area contributed by atoms with Crippen molar-refractivity contribution in [1.29, 1.82) is 0 Å². The number of benzene rings is 2. The summed E-state index contributed by atoms with van der Waals surface area (Å²) in [6, 6.07) is 13.3. The number of rotatable bonds is 8. The van der Waals surface area contributed by atoms with Crippen LogP contribution in [0.15, 0.2) is 66.3 Å². The Bertz CT molecular complexity index is 1000. The second-order valence-electron chi connectivity index (χ2n) is 6.16. The van der Waals surface area contributed by atoms with Crippen LogP contribution in [-0.4, -0.2) is 33.0 Å². The van der Waals surface area contributed by atoms with Crippen LogP contribution in [-0.2, 0) is 11.3 Å². The van der Waals surface area contributed by atoms with Gasteiger partial charge in [-0.1, -0.05) is 30.0 Å². The highest BCUT2D eigenvalue weighted by molar-refractivity contribution is 8.00. The van der Waals surface area contributed by atoms with E-state index in [2.05, 4.69) is 22.1 Å². The Labute approximate surface area is 172 Å². The first-order valence-electron chi connectivity index (χ1n) is 8.94. The second kappa shape index (κ2) is 9.38. The number of hydrogen-bond donors (Lipinski definition) is 1. The van der Waals surface area contributed by atoms with Crippen LogP contribution in [0.2, 0.25) is 0 Å². The van der Waals surface area contributed by atoms with E-state index in [0.717, 1.165) is 5.56 Å². The van der Waals surface area contributed by atoms with Gasteiger partial charge in [0.2, 0.25) is 5.91 Å². The molecule has 0 aliphatic carbocycles. The number of carbonyl (C=O) groups excluding carboxylic acids is 1. The van der Waals surface area contributed by atoms with E-state index in [9.17, 15) is 9.18 Å². The molecule has 8 heteroatoms. The molecule has 0 bridgehead atoms. The van der Waals surface area contributed by atoms with Gasteiger partial charge in [-0.3, -0.25) is 9.36 Å². The van der Waals surface area contributed by atoms with Gasteiger partial charge in [0.25, 0.3) is 0 Å². The lowest BCUT2D eigenvalue weighted by Crippen LogP contribution is -2.23. The molecule has 2 aromatic carbocycles. The fraction of sp³-hybridized carbons (Fsp3) is 0.190. The molecule has 1 N–H and O–H groups in total. The van der Waals surface area contributed by atoms with Crippen molar-refractivity contribution in [1.82, 2.24) is 14.8 Å². The summed E-state index contributed by atoms with van der Waals surface area (Å²) in [6.07, 6.45) is 1.72. The van der Waals surface area contributed by atoms with Crippen LogP contribution in [0.1, 0.15) is 6.92 Å². The summed E-state index contributed by atoms with van der Waals surface area (Å²) in [4.78, 5) is 12.7. The van der Waals surface area contributed by atoms with E-state index >= 15 is 0 Å². The topological polar surface area (TPSA) is 69.0 Å². The van der Waals surface area contributed by atoms with E-state index in [1.807, 2.05) is 16.7 Å². The number of amides is 1. The van der Waals surface area contributed by atoms with Crippen molar-refractivity contribution in [3.63, 3.8) is 0 Å². The first kappa shape index (κ1) is 20.6. The molecular weight excluding hydrogens is 391 g/mol. The van der Waals surface area contributed by atoms with Gasteiger partial charge in [-0.25, -0.2) is 4.39 Å². The van der Waals surface area contributed by atoms with Crippen LogP contribution in [0.3, 0.4) is 0 Å². The molecule has 150 valence electrons. The maximum atomic E-state index is 13.2. The van der Waals surface area contributed by atoms with Gasteiger partial charge in [-0.2, -0.15) is 0 Å². The van der Waals surface area contributed by atoms with Crippen molar-refractivity contribution < 1.29 is 13.9 Å². The van der Waals surface area contributed by atoms with Crippen LogP contribution >= 0.6 is 11.8 Å². The molecule has 29 heavy (non-hydrogen) atoms. The standard InChI is InChI=1S/C21H21FN4O2S/c1-4-13-26-19(15-9-11-16(22)12-10-15)24-25-21(26)29-14(2)20(27)23-17-7-5-6-8-18(17)28-3/h4-12,14H,1,13H2,2-3H3,(H,23,27)/t14-/m0/s1. The molecule has 3 rings (SSSR count). The number of thioether (sulfide) groups is 1. The van der Waals surface area contributed by atoms with Crippen LogP contribution in [0.4, 0.5) is 10.1 Å². The fourth-order valence-corrected chi connectivity index (χ4v) is 3.53. The summed E-state index contributed by atoms with van der Waals surface area (Å²) >= 11 is 1.28. The van der Waals surface area contributed by atoms with Crippen molar-refractivity contribution in [2.24, 2.45) is 0 Å². The lowest BCUT2D eigenvalue weighted by molar-refractivity contribution is -0.115. The Morgan fingerprint density at radius 3 is 2.69 bits per heavy atom. The largest absolute Gasteiger partial charge is 0.495 e. The van der Waals surface area contributed by atoms with Crippen molar-refractivity contribution >= 4 is 23.4 Å². The van der Waals surface area contributed by atoms with Gasteiger partial charge in [0, 0.05) is 12.1 Å². The third-order valence-corrected chi connectivity index (χ3v) is 5.23. The molecule has 6 nitrogen and oxygen atoms in total. The molecule has 0 spiro atoms. The number of carbonyl (C=O) groups is 1. The van der Waals surface area contributed by atoms with Crippen LogP contribution in [0, 0.1) is 5.82 Å². The lowest BCUT2D eigenvalue weighted by Gasteiger charge is -2.14. The molecule has 0 saturated carbocycles. The summed E-state index contributed by atoms with van der Waals surface area (Å²) in [6.45, 7) is 6.03. The predicted molar refractivity (Wildman–Crippen MR) is 113 cm³/mol. The van der Waals surface area contributed by atoms with Crippen molar-refractivity contribution in [2.45, 2.75) is 23.9 Å². The van der Waals surface area contributed by atoms with Gasteiger partial charge in [-0.15, -0.1) is 16.8 Å². The van der Waals surface area contributed by atoms with Crippen molar-refractivity contribution in [3.05, 3.63) is 67.0 Å². The number of halogens is 1. The first-order chi connectivity index (χ1) is 14.0. The molecule has 1 atom stereocenters. The molecular formula is C21H21FN4O2S. The number of ether oxygens (including phenoxy) is 1. The Morgan fingerprint density at radius 1 is 1.28 bits per heavy atom. The van der Waals surface area contributed by atoms with E-state index in [1.165, 1.54) is 23.9 Å². The van der Waals surface area contributed by atoms with E-state index in [1.54, 1.807) is 44.4 Å². The highest BCUT2D eigenvalue weighted by Gasteiger charge is 2.21. The number of nitrogens with one attached hydrogen (secondary N) is 1. The average molecular weight is 412 g/mol. The summed E-state index contributed by atoms with van der Waals surface area (Å²) in [5.41, 5.74) is 1.34. The number of aromatic nitrogens is 3. The van der Waals surface area contributed by atoms with Crippen LogP contribution in [0.25, 0.3) is 11.4 Å². The Balaban J connectivity index is 1.79. The van der Waals surface area contributed by atoms with Gasteiger partial charge < -0.3 is 10.1 Å². The minimum absolute atomic E-state index is 0.184. The van der Waals surface area contributed by atoms with Crippen LogP contribution < -0.4 is 10.1 Å². The van der Waals surface area contributed by atoms with Crippen molar-refractivity contribution in [2.75, 3.05) is 12.4 Å². The zero-order valence-electron chi connectivity index (χ0n) is 16.1. The minimum atomic E-state index is -0.436. The van der Waals surface area contributed by atoms with E-state index in [0.29, 0.717) is 29.0 Å². The molecule has 0 aliphatic rings.